The first kappa shape index (κ1) is 25.2. The summed E-state index contributed by atoms with van der Waals surface area (Å²) in [6.45, 7) is 0.584. The minimum atomic E-state index is -3.85. The Morgan fingerprint density at radius 1 is 1.16 bits per heavy atom. The fourth-order valence-electron chi connectivity index (χ4n) is 4.17. The summed E-state index contributed by atoms with van der Waals surface area (Å²) in [5, 5.41) is 11.2. The molecule has 1 saturated heterocycles. The van der Waals surface area contributed by atoms with Gasteiger partial charge in [-0.25, -0.2) is 8.42 Å². The number of H-pyrrole nitrogens is 1. The average molecular weight is 542 g/mol. The number of pyridine rings is 1. The van der Waals surface area contributed by atoms with Crippen LogP contribution < -0.4 is 10.9 Å². The molecule has 1 aliphatic rings. The smallest absolute Gasteiger partial charge is 0.250 e. The van der Waals surface area contributed by atoms with E-state index >= 15 is 0 Å². The Kier molecular flexibility index (Phi) is 7.11. The van der Waals surface area contributed by atoms with Gasteiger partial charge in [-0.15, -0.1) is 0 Å². The van der Waals surface area contributed by atoms with E-state index in [1.807, 2.05) is 0 Å². The molecule has 2 N–H and O–H groups in total. The van der Waals surface area contributed by atoms with Crippen molar-refractivity contribution in [2.75, 3.05) is 19.7 Å². The van der Waals surface area contributed by atoms with E-state index in [9.17, 15) is 18.0 Å². The van der Waals surface area contributed by atoms with Crippen LogP contribution in [0.2, 0.25) is 5.02 Å². The lowest BCUT2D eigenvalue weighted by Gasteiger charge is -2.31. The van der Waals surface area contributed by atoms with Gasteiger partial charge in [-0.05, 0) is 42.0 Å². The van der Waals surface area contributed by atoms with Gasteiger partial charge in [-0.3, -0.25) is 14.7 Å². The molecule has 0 spiro atoms. The summed E-state index contributed by atoms with van der Waals surface area (Å²) >= 11 is 6.07. The molecule has 0 saturated carbocycles. The van der Waals surface area contributed by atoms with Crippen molar-refractivity contribution < 1.29 is 17.9 Å². The molecule has 1 fully saturated rings. The minimum absolute atomic E-state index is 0.0905. The number of nitrogens with one attached hydrogen (secondary N) is 2. The third-order valence-corrected chi connectivity index (χ3v) is 8.28. The molecule has 2 aromatic heterocycles. The van der Waals surface area contributed by atoms with E-state index in [0.717, 1.165) is 16.5 Å². The van der Waals surface area contributed by atoms with E-state index in [1.54, 1.807) is 48.7 Å². The normalized spacial score (nSPS) is 16.6. The second-order valence-corrected chi connectivity index (χ2v) is 11.0. The monoisotopic (exact) mass is 541 g/mol. The van der Waals surface area contributed by atoms with Gasteiger partial charge in [-0.1, -0.05) is 29.8 Å². The molecular weight excluding hydrogens is 518 g/mol. The summed E-state index contributed by atoms with van der Waals surface area (Å²) in [5.74, 6) is -0.429. The van der Waals surface area contributed by atoms with Crippen LogP contribution in [0.3, 0.4) is 0 Å². The van der Waals surface area contributed by atoms with Gasteiger partial charge in [0, 0.05) is 35.8 Å². The first-order valence-corrected chi connectivity index (χ1v) is 13.4. The number of carbonyl (C=O) groups excluding carboxylic acids is 1. The number of rotatable bonds is 7. The van der Waals surface area contributed by atoms with Crippen molar-refractivity contribution in [3.8, 4) is 0 Å². The Morgan fingerprint density at radius 3 is 2.76 bits per heavy atom. The Hall–Kier alpha value is -3.51. The molecule has 0 aliphatic carbocycles. The van der Waals surface area contributed by atoms with E-state index in [0.29, 0.717) is 17.3 Å². The first-order valence-electron chi connectivity index (χ1n) is 11.6. The highest BCUT2D eigenvalue weighted by Crippen LogP contribution is 2.22. The highest BCUT2D eigenvalue weighted by atomic mass is 35.5. The van der Waals surface area contributed by atoms with E-state index < -0.39 is 22.0 Å². The fourth-order valence-corrected chi connectivity index (χ4v) is 5.76. The molecule has 0 bridgehead atoms. The van der Waals surface area contributed by atoms with Crippen LogP contribution in [-0.4, -0.2) is 59.2 Å². The van der Waals surface area contributed by atoms with Crippen LogP contribution in [0.25, 0.3) is 10.9 Å². The third-order valence-electron chi connectivity index (χ3n) is 6.17. The molecular formula is C25H24ClN5O5S. The number of benzene rings is 2. The number of ether oxygens (including phenoxy) is 1. The number of morpholine rings is 1. The lowest BCUT2D eigenvalue weighted by atomic mass is 10.2. The van der Waals surface area contributed by atoms with Crippen LogP contribution >= 0.6 is 11.6 Å². The Morgan fingerprint density at radius 2 is 1.97 bits per heavy atom. The lowest BCUT2D eigenvalue weighted by molar-refractivity contribution is -0.136. The summed E-state index contributed by atoms with van der Waals surface area (Å²) in [4.78, 5) is 24.8. The zero-order valence-corrected chi connectivity index (χ0v) is 21.2. The van der Waals surface area contributed by atoms with Crippen molar-refractivity contribution in [1.82, 2.24) is 24.4 Å². The molecule has 1 amide bonds. The molecule has 1 unspecified atom stereocenters. The highest BCUT2D eigenvalue weighted by Gasteiger charge is 2.34. The maximum atomic E-state index is 13.3. The minimum Gasteiger partial charge on any atom is -0.366 e. The molecule has 3 heterocycles. The number of sulfonamides is 1. The number of aromatic nitrogens is 3. The van der Waals surface area contributed by atoms with E-state index in [2.05, 4.69) is 15.5 Å². The quantitative estimate of drug-likeness (QED) is 0.369. The van der Waals surface area contributed by atoms with Gasteiger partial charge in [0.15, 0.2) is 0 Å². The average Bonchev–Trinajstić information content (AvgIpc) is 3.31. The van der Waals surface area contributed by atoms with Gasteiger partial charge in [-0.2, -0.15) is 9.40 Å². The summed E-state index contributed by atoms with van der Waals surface area (Å²) in [5.41, 5.74) is 2.06. The van der Waals surface area contributed by atoms with Crippen molar-refractivity contribution in [3.63, 3.8) is 0 Å². The lowest BCUT2D eigenvalue weighted by Crippen LogP contribution is -2.51. The third kappa shape index (κ3) is 5.44. The Balaban J connectivity index is 1.23. The zero-order valence-electron chi connectivity index (χ0n) is 19.6. The molecule has 1 atom stereocenters. The van der Waals surface area contributed by atoms with Crippen molar-refractivity contribution in [3.05, 3.63) is 93.5 Å². The summed E-state index contributed by atoms with van der Waals surface area (Å²) in [7, 11) is -3.85. The molecule has 0 radical (unpaired) electrons. The number of halogens is 1. The van der Waals surface area contributed by atoms with Crippen LogP contribution in [-0.2, 0) is 32.6 Å². The summed E-state index contributed by atoms with van der Waals surface area (Å²) < 4.78 is 34.9. The second-order valence-electron chi connectivity index (χ2n) is 8.61. The maximum Gasteiger partial charge on any atom is 0.250 e. The number of hydrogen-bond acceptors (Lipinski definition) is 6. The molecule has 37 heavy (non-hydrogen) atoms. The summed E-state index contributed by atoms with van der Waals surface area (Å²) in [6.07, 6.45) is 0.719. The van der Waals surface area contributed by atoms with Crippen LogP contribution in [0.1, 0.15) is 11.3 Å². The predicted octanol–water partition coefficient (Wildman–Crippen LogP) is 2.13. The number of aromatic amines is 1. The Labute approximate surface area is 217 Å². The van der Waals surface area contributed by atoms with Gasteiger partial charge in [0.2, 0.25) is 10.0 Å². The maximum absolute atomic E-state index is 13.3. The number of carbonyl (C=O) groups is 1. The van der Waals surface area contributed by atoms with E-state index in [-0.39, 0.29) is 36.7 Å². The largest absolute Gasteiger partial charge is 0.366 e. The number of nitrogens with zero attached hydrogens (tertiary/aromatic N) is 3. The van der Waals surface area contributed by atoms with Gasteiger partial charge in [0.05, 0.1) is 35.8 Å². The number of fused-ring (bicyclic) bond motifs is 1. The number of hydrogen-bond donors (Lipinski definition) is 2. The zero-order chi connectivity index (χ0) is 26.0. The molecule has 1 aliphatic heterocycles. The second kappa shape index (κ2) is 10.5. The standard InChI is InChI=1S/C25H24ClN5O5S/c26-18-6-9-21-20(13-18)22(29-28-21)14-27-25(33)23-16-31(11-12-36-23)37(34,35)19-7-4-17(5-8-19)15-30-10-2-1-3-24(30)32/h1-10,13,23H,11-12,14-16H2,(H,27,33)(H,28,29). The van der Waals surface area contributed by atoms with E-state index in [4.69, 9.17) is 16.3 Å². The molecule has 12 heteroatoms. The molecule has 5 rings (SSSR count). The Bertz CT molecular complexity index is 1600. The highest BCUT2D eigenvalue weighted by molar-refractivity contribution is 7.89. The van der Waals surface area contributed by atoms with Crippen LogP contribution in [0.4, 0.5) is 0 Å². The predicted molar refractivity (Wildman–Crippen MR) is 138 cm³/mol. The molecule has 192 valence electrons. The SMILES string of the molecule is O=C(NCc1n[nH]c2ccc(Cl)cc12)C1CN(S(=O)(=O)c2ccc(Cn3ccccc3=O)cc2)CCO1. The van der Waals surface area contributed by atoms with E-state index in [1.165, 1.54) is 27.1 Å². The van der Waals surface area contributed by atoms with Gasteiger partial charge < -0.3 is 14.6 Å². The van der Waals surface area contributed by atoms with Crippen molar-refractivity contribution in [2.24, 2.45) is 0 Å². The molecule has 2 aromatic carbocycles. The van der Waals surface area contributed by atoms with Crippen LogP contribution in [0, 0.1) is 0 Å². The first-order chi connectivity index (χ1) is 17.8. The van der Waals surface area contributed by atoms with Crippen LogP contribution in [0.5, 0.6) is 0 Å². The van der Waals surface area contributed by atoms with Crippen molar-refractivity contribution in [2.45, 2.75) is 24.1 Å². The van der Waals surface area contributed by atoms with Crippen LogP contribution in [0.15, 0.2) is 76.6 Å². The topological polar surface area (TPSA) is 126 Å². The fraction of sp³-hybridized carbons (Fsp3) is 0.240. The van der Waals surface area contributed by atoms with Gasteiger partial charge in [0.25, 0.3) is 11.5 Å². The van der Waals surface area contributed by atoms with Crippen molar-refractivity contribution in [1.29, 1.82) is 0 Å². The number of amides is 1. The molecule has 4 aromatic rings. The van der Waals surface area contributed by atoms with Gasteiger partial charge in [0.1, 0.15) is 6.10 Å². The molecule has 10 nitrogen and oxygen atoms in total. The van der Waals surface area contributed by atoms with Gasteiger partial charge >= 0.3 is 0 Å². The van der Waals surface area contributed by atoms with Crippen molar-refractivity contribution >= 4 is 38.4 Å². The summed E-state index contributed by atoms with van der Waals surface area (Å²) in [6, 6.07) is 16.6.